The zero-order chi connectivity index (χ0) is 20.7. The van der Waals surface area contributed by atoms with Gasteiger partial charge >= 0.3 is 0 Å². The van der Waals surface area contributed by atoms with Gasteiger partial charge in [-0.3, -0.25) is 4.79 Å². The van der Waals surface area contributed by atoms with Crippen molar-refractivity contribution in [3.63, 3.8) is 0 Å². The SMILES string of the molecule is Cc1cccc(CSc2nc3n(n2)C(c2cccc(Br)c2)C2=C(CCCC2=O)N3)c1. The Bertz CT molecular complexity index is 1170. The molecule has 2 aliphatic rings. The first-order chi connectivity index (χ1) is 14.6. The van der Waals surface area contributed by atoms with Crippen LogP contribution in [0.2, 0.25) is 0 Å². The molecule has 30 heavy (non-hydrogen) atoms. The Morgan fingerprint density at radius 1 is 1.20 bits per heavy atom. The van der Waals surface area contributed by atoms with Crippen LogP contribution in [0.15, 0.2) is 69.4 Å². The largest absolute Gasteiger partial charge is 0.328 e. The summed E-state index contributed by atoms with van der Waals surface area (Å²) in [6.07, 6.45) is 2.33. The summed E-state index contributed by atoms with van der Waals surface area (Å²) >= 11 is 5.18. The van der Waals surface area contributed by atoms with E-state index >= 15 is 0 Å². The fourth-order valence-electron chi connectivity index (χ4n) is 4.13. The number of anilines is 1. The maximum Gasteiger partial charge on any atom is 0.227 e. The van der Waals surface area contributed by atoms with Crippen molar-refractivity contribution in [2.45, 2.75) is 43.1 Å². The standard InChI is InChI=1S/C23H21BrN4OS/c1-14-5-2-6-15(11-14)13-30-23-26-22-25-18-9-4-10-19(29)20(18)21(28(22)27-23)16-7-3-8-17(24)12-16/h2-3,5-8,11-12,21H,4,9-10,13H2,1H3,(H,25,26,27). The number of Topliss-reactive ketones (excluding diaryl/α,β-unsaturated/α-hetero) is 1. The zero-order valence-corrected chi connectivity index (χ0v) is 19.0. The second-order valence-electron chi connectivity index (χ2n) is 7.69. The number of thioether (sulfide) groups is 1. The molecule has 1 aromatic heterocycles. The minimum Gasteiger partial charge on any atom is -0.328 e. The first-order valence-corrected chi connectivity index (χ1v) is 11.8. The third-order valence-corrected chi connectivity index (χ3v) is 6.87. The van der Waals surface area contributed by atoms with Gasteiger partial charge in [0.25, 0.3) is 0 Å². The Morgan fingerprint density at radius 2 is 2.07 bits per heavy atom. The van der Waals surface area contributed by atoms with Crippen molar-refractivity contribution in [2.24, 2.45) is 0 Å². The van der Waals surface area contributed by atoms with E-state index in [1.54, 1.807) is 11.8 Å². The molecule has 1 N–H and O–H groups in total. The van der Waals surface area contributed by atoms with Crippen molar-refractivity contribution >= 4 is 39.4 Å². The summed E-state index contributed by atoms with van der Waals surface area (Å²) < 4.78 is 2.86. The summed E-state index contributed by atoms with van der Waals surface area (Å²) in [7, 11) is 0. The molecular formula is C23H21BrN4OS. The van der Waals surface area contributed by atoms with E-state index < -0.39 is 0 Å². The number of aryl methyl sites for hydroxylation is 1. The van der Waals surface area contributed by atoms with E-state index in [-0.39, 0.29) is 11.8 Å². The maximum atomic E-state index is 12.9. The van der Waals surface area contributed by atoms with Gasteiger partial charge in [0.05, 0.1) is 0 Å². The van der Waals surface area contributed by atoms with Gasteiger partial charge in [-0.1, -0.05) is 69.7 Å². The van der Waals surface area contributed by atoms with Crippen LogP contribution in [0.3, 0.4) is 0 Å². The Balaban J connectivity index is 1.51. The lowest BCUT2D eigenvalue weighted by atomic mass is 9.85. The van der Waals surface area contributed by atoms with Gasteiger partial charge in [-0.05, 0) is 43.0 Å². The van der Waals surface area contributed by atoms with Gasteiger partial charge in [0, 0.05) is 27.9 Å². The van der Waals surface area contributed by atoms with Crippen molar-refractivity contribution in [2.75, 3.05) is 5.32 Å². The van der Waals surface area contributed by atoms with Gasteiger partial charge in [-0.2, -0.15) is 4.98 Å². The Morgan fingerprint density at radius 3 is 2.90 bits per heavy atom. The average Bonchev–Trinajstić information content (AvgIpc) is 3.13. The molecule has 0 amide bonds. The Labute approximate surface area is 188 Å². The number of hydrogen-bond acceptors (Lipinski definition) is 5. The highest BCUT2D eigenvalue weighted by Crippen LogP contribution is 2.41. The minimum atomic E-state index is -0.248. The number of carbonyl (C=O) groups excluding carboxylic acids is 1. The summed E-state index contributed by atoms with van der Waals surface area (Å²) in [5.41, 5.74) is 5.35. The maximum absolute atomic E-state index is 12.9. The van der Waals surface area contributed by atoms with Gasteiger partial charge < -0.3 is 5.32 Å². The molecule has 0 saturated carbocycles. The molecule has 152 valence electrons. The normalized spacial score (nSPS) is 18.1. The number of rotatable bonds is 4. The first kappa shape index (κ1) is 19.6. The molecule has 0 spiro atoms. The second kappa shape index (κ2) is 8.04. The summed E-state index contributed by atoms with van der Waals surface area (Å²) in [6, 6.07) is 16.3. The average molecular weight is 481 g/mol. The smallest absolute Gasteiger partial charge is 0.227 e. The van der Waals surface area contributed by atoms with Gasteiger partial charge in [0.15, 0.2) is 5.78 Å². The third-order valence-electron chi connectivity index (χ3n) is 5.46. The van der Waals surface area contributed by atoms with E-state index in [4.69, 9.17) is 10.1 Å². The number of allylic oxidation sites excluding steroid dienone is 2. The van der Waals surface area contributed by atoms with Crippen LogP contribution in [0.1, 0.15) is 42.0 Å². The van der Waals surface area contributed by atoms with E-state index in [0.717, 1.165) is 39.9 Å². The van der Waals surface area contributed by atoms with E-state index in [1.807, 2.05) is 16.8 Å². The molecule has 0 radical (unpaired) electrons. The fourth-order valence-corrected chi connectivity index (χ4v) is 5.32. The molecule has 0 fully saturated rings. The Hall–Kier alpha value is -2.38. The van der Waals surface area contributed by atoms with Crippen LogP contribution in [0.5, 0.6) is 0 Å². The van der Waals surface area contributed by atoms with Crippen LogP contribution in [-0.2, 0) is 10.5 Å². The van der Waals surface area contributed by atoms with Crippen LogP contribution < -0.4 is 5.32 Å². The summed E-state index contributed by atoms with van der Waals surface area (Å²) in [4.78, 5) is 17.6. The monoisotopic (exact) mass is 480 g/mol. The van der Waals surface area contributed by atoms with E-state index in [2.05, 4.69) is 64.6 Å². The number of nitrogens with zero attached hydrogens (tertiary/aromatic N) is 3. The van der Waals surface area contributed by atoms with Crippen molar-refractivity contribution < 1.29 is 4.79 Å². The van der Waals surface area contributed by atoms with Crippen molar-refractivity contribution in [3.05, 3.63) is 81.0 Å². The quantitative estimate of drug-likeness (QED) is 0.487. The van der Waals surface area contributed by atoms with Crippen LogP contribution >= 0.6 is 27.7 Å². The number of hydrogen-bond donors (Lipinski definition) is 1. The fraction of sp³-hybridized carbons (Fsp3) is 0.261. The molecule has 5 nitrogen and oxygen atoms in total. The molecule has 0 bridgehead atoms. The van der Waals surface area contributed by atoms with Gasteiger partial charge in [-0.15, -0.1) is 5.10 Å². The summed E-state index contributed by atoms with van der Waals surface area (Å²) in [6.45, 7) is 2.10. The molecule has 2 heterocycles. The number of fused-ring (bicyclic) bond motifs is 1. The predicted octanol–water partition coefficient (Wildman–Crippen LogP) is 5.66. The van der Waals surface area contributed by atoms with Crippen LogP contribution in [0.4, 0.5) is 5.95 Å². The molecule has 2 aromatic carbocycles. The summed E-state index contributed by atoms with van der Waals surface area (Å²) in [5.74, 6) is 1.71. The molecule has 0 saturated heterocycles. The highest BCUT2D eigenvalue weighted by molar-refractivity contribution is 9.10. The lowest BCUT2D eigenvalue weighted by Crippen LogP contribution is -2.31. The van der Waals surface area contributed by atoms with Crippen LogP contribution in [-0.4, -0.2) is 20.5 Å². The molecule has 1 unspecified atom stereocenters. The van der Waals surface area contributed by atoms with Crippen molar-refractivity contribution in [3.8, 4) is 0 Å². The number of nitrogens with one attached hydrogen (secondary N) is 1. The van der Waals surface area contributed by atoms with Crippen molar-refractivity contribution in [1.29, 1.82) is 0 Å². The van der Waals surface area contributed by atoms with Crippen molar-refractivity contribution in [1.82, 2.24) is 14.8 Å². The number of carbonyl (C=O) groups is 1. The van der Waals surface area contributed by atoms with E-state index in [0.29, 0.717) is 17.5 Å². The minimum absolute atomic E-state index is 0.198. The third kappa shape index (κ3) is 3.72. The molecule has 7 heteroatoms. The number of halogens is 1. The number of ketones is 1. The highest BCUT2D eigenvalue weighted by atomic mass is 79.9. The molecule has 1 aliphatic carbocycles. The number of benzene rings is 2. The topological polar surface area (TPSA) is 59.8 Å². The predicted molar refractivity (Wildman–Crippen MR) is 123 cm³/mol. The van der Waals surface area contributed by atoms with Crippen LogP contribution in [0, 0.1) is 6.92 Å². The number of aromatic nitrogens is 3. The molecule has 1 aliphatic heterocycles. The van der Waals surface area contributed by atoms with E-state index in [9.17, 15) is 4.79 Å². The van der Waals surface area contributed by atoms with Gasteiger partial charge in [0.1, 0.15) is 6.04 Å². The lowest BCUT2D eigenvalue weighted by molar-refractivity contribution is -0.116. The molecule has 3 aromatic rings. The lowest BCUT2D eigenvalue weighted by Gasteiger charge is -2.32. The Kier molecular flexibility index (Phi) is 5.25. The van der Waals surface area contributed by atoms with Crippen LogP contribution in [0.25, 0.3) is 0 Å². The summed E-state index contributed by atoms with van der Waals surface area (Å²) in [5, 5.41) is 8.91. The first-order valence-electron chi connectivity index (χ1n) is 10.0. The molecule has 1 atom stereocenters. The molecular weight excluding hydrogens is 460 g/mol. The second-order valence-corrected chi connectivity index (χ2v) is 9.55. The van der Waals surface area contributed by atoms with Gasteiger partial charge in [-0.25, -0.2) is 4.68 Å². The highest BCUT2D eigenvalue weighted by Gasteiger charge is 2.36. The molecule has 5 rings (SSSR count). The van der Waals surface area contributed by atoms with E-state index in [1.165, 1.54) is 11.1 Å². The van der Waals surface area contributed by atoms with Gasteiger partial charge in [0.2, 0.25) is 11.1 Å². The zero-order valence-electron chi connectivity index (χ0n) is 16.6.